The van der Waals surface area contributed by atoms with Gasteiger partial charge in [0.15, 0.2) is 0 Å². The lowest BCUT2D eigenvalue weighted by Gasteiger charge is -2.26. The smallest absolute Gasteiger partial charge is 0.330 e. The molecule has 3 heterocycles. The molecule has 0 bridgehead atoms. The number of nitrogens with two attached hydrogens (primary N) is 2. The van der Waals surface area contributed by atoms with Crippen LogP contribution in [0.4, 0.5) is 10.6 Å². The molecule has 2 saturated heterocycles. The van der Waals surface area contributed by atoms with Gasteiger partial charge in [0.1, 0.15) is 5.82 Å². The summed E-state index contributed by atoms with van der Waals surface area (Å²) in [5.74, 6) is 2.64. The zero-order chi connectivity index (χ0) is 23.6. The fraction of sp³-hybridized carbons (Fsp3) is 0.560. The molecule has 34 heavy (non-hydrogen) atoms. The first kappa shape index (κ1) is 21.8. The van der Waals surface area contributed by atoms with Gasteiger partial charge in [0.05, 0.1) is 5.69 Å². The highest BCUT2D eigenvalue weighted by molar-refractivity contribution is 5.88. The molecule has 4 fully saturated rings. The number of nitrogens with zero attached hydrogens (tertiary/aromatic N) is 4. The van der Waals surface area contributed by atoms with Crippen LogP contribution in [0.3, 0.4) is 0 Å². The number of rotatable bonds is 5. The first-order valence-electron chi connectivity index (χ1n) is 12.3. The Labute approximate surface area is 199 Å². The molecule has 2 aromatic rings. The van der Waals surface area contributed by atoms with Gasteiger partial charge < -0.3 is 16.4 Å². The van der Waals surface area contributed by atoms with E-state index in [4.69, 9.17) is 11.5 Å². The Hall–Kier alpha value is -2.75. The molecule has 6 rings (SSSR count). The van der Waals surface area contributed by atoms with Crippen molar-refractivity contribution in [1.82, 2.24) is 19.4 Å². The van der Waals surface area contributed by atoms with Crippen LogP contribution in [0.25, 0.3) is 5.69 Å². The Balaban J connectivity index is 1.07. The normalized spacial score (nSPS) is 33.9. The average molecular weight is 464 g/mol. The van der Waals surface area contributed by atoms with Gasteiger partial charge in [0.2, 0.25) is 0 Å². The fourth-order valence-electron chi connectivity index (χ4n) is 6.48. The number of benzene rings is 1. The number of anilines is 1. The largest absolute Gasteiger partial charge is 0.354 e. The second kappa shape index (κ2) is 7.90. The zero-order valence-electron chi connectivity index (χ0n) is 19.6. The van der Waals surface area contributed by atoms with Gasteiger partial charge in [-0.05, 0) is 60.4 Å². The maximum absolute atomic E-state index is 12.7. The third-order valence-corrected chi connectivity index (χ3v) is 8.84. The van der Waals surface area contributed by atoms with Gasteiger partial charge in [0, 0.05) is 50.4 Å². The molecule has 0 spiro atoms. The summed E-state index contributed by atoms with van der Waals surface area (Å²) in [7, 11) is 0. The molecule has 180 valence electrons. The van der Waals surface area contributed by atoms with E-state index < -0.39 is 5.69 Å². The van der Waals surface area contributed by atoms with Crippen molar-refractivity contribution in [1.29, 1.82) is 0 Å². The molecular formula is C25H33N7O2. The molecule has 2 amide bonds. The van der Waals surface area contributed by atoms with Crippen molar-refractivity contribution >= 4 is 11.8 Å². The molecule has 1 aromatic heterocycles. The number of hydrogen-bond acceptors (Lipinski definition) is 6. The van der Waals surface area contributed by atoms with E-state index in [1.807, 2.05) is 12.1 Å². The van der Waals surface area contributed by atoms with Crippen LogP contribution in [0.5, 0.6) is 0 Å². The number of carbonyl (C=O) groups excluding carboxylic acids is 1. The minimum absolute atomic E-state index is 0.204. The SMILES string of the molecule is C[C@@]12CN(Cc3ccc(-n4ccc(NC(=O)N5CCC6C(CN)C6C5)nc4=O)cc3)C[C@@H]1[C@H]2N. The lowest BCUT2D eigenvalue weighted by Crippen LogP contribution is -2.40. The number of fused-ring (bicyclic) bond motifs is 2. The Morgan fingerprint density at radius 3 is 2.68 bits per heavy atom. The Kier molecular flexibility index (Phi) is 5.05. The van der Waals surface area contributed by atoms with Crippen LogP contribution in [-0.2, 0) is 6.54 Å². The third kappa shape index (κ3) is 3.62. The van der Waals surface area contributed by atoms with Crippen molar-refractivity contribution < 1.29 is 4.79 Å². The van der Waals surface area contributed by atoms with Crippen molar-refractivity contribution in [2.24, 2.45) is 40.6 Å². The van der Waals surface area contributed by atoms with Crippen LogP contribution in [0.1, 0.15) is 18.9 Å². The van der Waals surface area contributed by atoms with Gasteiger partial charge in [0.25, 0.3) is 0 Å². The van der Waals surface area contributed by atoms with E-state index in [0.717, 1.165) is 44.8 Å². The molecule has 6 atom stereocenters. The summed E-state index contributed by atoms with van der Waals surface area (Å²) >= 11 is 0. The van der Waals surface area contributed by atoms with Crippen LogP contribution in [0.2, 0.25) is 0 Å². The number of carbonyl (C=O) groups is 1. The molecule has 1 aromatic carbocycles. The van der Waals surface area contributed by atoms with E-state index in [0.29, 0.717) is 36.3 Å². The van der Waals surface area contributed by atoms with Crippen molar-refractivity contribution in [2.45, 2.75) is 25.9 Å². The monoisotopic (exact) mass is 463 g/mol. The molecule has 5 N–H and O–H groups in total. The Morgan fingerprint density at radius 1 is 1.21 bits per heavy atom. The zero-order valence-corrected chi connectivity index (χ0v) is 19.6. The summed E-state index contributed by atoms with van der Waals surface area (Å²) in [5, 5.41) is 2.78. The molecule has 9 heteroatoms. The topological polar surface area (TPSA) is 123 Å². The molecule has 4 aliphatic rings. The van der Waals surface area contributed by atoms with Crippen LogP contribution in [-0.4, -0.2) is 64.1 Å². The van der Waals surface area contributed by atoms with Gasteiger partial charge in [-0.15, -0.1) is 0 Å². The predicted octanol–water partition coefficient (Wildman–Crippen LogP) is 1.07. The van der Waals surface area contributed by atoms with Gasteiger partial charge >= 0.3 is 11.7 Å². The van der Waals surface area contributed by atoms with E-state index in [-0.39, 0.29) is 17.3 Å². The summed E-state index contributed by atoms with van der Waals surface area (Å²) in [6.45, 7) is 7.41. The van der Waals surface area contributed by atoms with Crippen molar-refractivity contribution in [3.63, 3.8) is 0 Å². The second-order valence-corrected chi connectivity index (χ2v) is 10.8. The molecule has 9 nitrogen and oxygen atoms in total. The van der Waals surface area contributed by atoms with Gasteiger partial charge in [-0.3, -0.25) is 14.8 Å². The van der Waals surface area contributed by atoms with Gasteiger partial charge in [-0.25, -0.2) is 9.59 Å². The maximum Gasteiger partial charge on any atom is 0.354 e. The van der Waals surface area contributed by atoms with E-state index in [1.54, 1.807) is 17.2 Å². The summed E-state index contributed by atoms with van der Waals surface area (Å²) < 4.78 is 1.49. The number of likely N-dealkylation sites (tertiary alicyclic amines) is 2. The summed E-state index contributed by atoms with van der Waals surface area (Å²) in [6.07, 6.45) is 2.66. The maximum atomic E-state index is 12.7. The molecule has 2 aliphatic heterocycles. The highest BCUT2D eigenvalue weighted by Crippen LogP contribution is 2.56. The van der Waals surface area contributed by atoms with Crippen LogP contribution < -0.4 is 22.5 Å². The molecule has 3 unspecified atom stereocenters. The van der Waals surface area contributed by atoms with Gasteiger partial charge in [-0.1, -0.05) is 19.1 Å². The van der Waals surface area contributed by atoms with Crippen LogP contribution in [0.15, 0.2) is 41.3 Å². The summed E-state index contributed by atoms with van der Waals surface area (Å²) in [6, 6.07) is 9.81. The second-order valence-electron chi connectivity index (χ2n) is 10.8. The van der Waals surface area contributed by atoms with E-state index in [1.165, 1.54) is 10.1 Å². The number of piperidine rings is 2. The molecule has 2 saturated carbocycles. The minimum atomic E-state index is -0.420. The lowest BCUT2D eigenvalue weighted by atomic mass is 10.1. The number of urea groups is 1. The predicted molar refractivity (Wildman–Crippen MR) is 129 cm³/mol. The first-order valence-corrected chi connectivity index (χ1v) is 12.3. The standard InChI is InChI=1S/C25H33N7O2/c1-25-14-30(13-20(25)22(25)27)11-15-2-4-16(5-3-15)32-9-7-21(29-24(32)34)28-23(33)31-8-6-17-18(10-26)19(17)12-31/h2-5,7,9,17-20,22H,6,8,10-14,26-27H2,1H3,(H,28,29,33,34)/t17?,18?,19?,20-,22-,25-/m1/s1. The summed E-state index contributed by atoms with van der Waals surface area (Å²) in [5.41, 5.74) is 13.8. The average Bonchev–Trinajstić information content (AvgIpc) is 3.61. The van der Waals surface area contributed by atoms with Crippen molar-refractivity contribution in [3.05, 3.63) is 52.6 Å². The van der Waals surface area contributed by atoms with E-state index in [9.17, 15) is 9.59 Å². The Bertz CT molecular complexity index is 1160. The summed E-state index contributed by atoms with van der Waals surface area (Å²) in [4.78, 5) is 33.7. The molecule has 0 radical (unpaired) electrons. The van der Waals surface area contributed by atoms with Crippen molar-refractivity contribution in [2.75, 3.05) is 38.0 Å². The molecule has 2 aliphatic carbocycles. The van der Waals surface area contributed by atoms with Crippen LogP contribution in [0, 0.1) is 29.1 Å². The highest BCUT2D eigenvalue weighted by Gasteiger charge is 2.63. The lowest BCUT2D eigenvalue weighted by molar-refractivity contribution is 0.197. The number of nitrogens with one attached hydrogen (secondary N) is 1. The third-order valence-electron chi connectivity index (χ3n) is 8.84. The number of amides is 2. The molecular weight excluding hydrogens is 430 g/mol. The number of aromatic nitrogens is 2. The number of hydrogen-bond donors (Lipinski definition) is 3. The van der Waals surface area contributed by atoms with E-state index >= 15 is 0 Å². The minimum Gasteiger partial charge on any atom is -0.330 e. The fourth-order valence-corrected chi connectivity index (χ4v) is 6.48. The van der Waals surface area contributed by atoms with E-state index in [2.05, 4.69) is 34.3 Å². The Morgan fingerprint density at radius 2 is 2.00 bits per heavy atom. The van der Waals surface area contributed by atoms with Gasteiger partial charge in [-0.2, -0.15) is 4.98 Å². The first-order chi connectivity index (χ1) is 16.4. The highest BCUT2D eigenvalue weighted by atomic mass is 16.2. The quantitative estimate of drug-likeness (QED) is 0.610. The van der Waals surface area contributed by atoms with Crippen molar-refractivity contribution in [3.8, 4) is 5.69 Å². The van der Waals surface area contributed by atoms with Crippen LogP contribution >= 0.6 is 0 Å².